The Morgan fingerprint density at radius 3 is 2.71 bits per heavy atom. The Morgan fingerprint density at radius 1 is 1.38 bits per heavy atom. The van der Waals surface area contributed by atoms with E-state index in [0.717, 1.165) is 12.1 Å². The van der Waals surface area contributed by atoms with E-state index in [1.807, 2.05) is 45.2 Å². The molecular weight excluding hydrogens is 264 g/mol. The van der Waals surface area contributed by atoms with E-state index in [9.17, 15) is 4.79 Å². The van der Waals surface area contributed by atoms with Crippen molar-refractivity contribution in [3.63, 3.8) is 0 Å². The first-order chi connectivity index (χ1) is 9.85. The molecule has 21 heavy (non-hydrogen) atoms. The average molecular weight is 286 g/mol. The van der Waals surface area contributed by atoms with Crippen LogP contribution in [0.5, 0.6) is 0 Å². The van der Waals surface area contributed by atoms with Gasteiger partial charge in [0.25, 0.3) is 5.91 Å². The molecule has 1 aromatic heterocycles. The van der Waals surface area contributed by atoms with Crippen molar-refractivity contribution in [2.45, 2.75) is 32.7 Å². The number of carbonyl (C=O) groups is 1. The lowest BCUT2D eigenvalue weighted by Crippen LogP contribution is -2.44. The van der Waals surface area contributed by atoms with Crippen molar-refractivity contribution in [1.82, 2.24) is 14.7 Å². The van der Waals surface area contributed by atoms with E-state index < -0.39 is 0 Å². The molecule has 5 heteroatoms. The number of benzene rings is 1. The molecular formula is C16H22N4O. The number of carbonyl (C=O) groups excluding carboxylic acids is 1. The van der Waals surface area contributed by atoms with E-state index in [-0.39, 0.29) is 11.4 Å². The third-order valence-corrected chi connectivity index (χ3v) is 4.02. The largest absolute Gasteiger partial charge is 0.399 e. The quantitative estimate of drug-likeness (QED) is 0.879. The van der Waals surface area contributed by atoms with Crippen molar-refractivity contribution < 1.29 is 4.79 Å². The van der Waals surface area contributed by atoms with Crippen molar-refractivity contribution in [3.05, 3.63) is 42.2 Å². The second-order valence-corrected chi connectivity index (χ2v) is 5.77. The molecule has 0 radical (unpaired) electrons. The van der Waals surface area contributed by atoms with Gasteiger partial charge < -0.3 is 10.6 Å². The Kier molecular flexibility index (Phi) is 4.02. The Morgan fingerprint density at radius 2 is 2.10 bits per heavy atom. The van der Waals surface area contributed by atoms with E-state index in [1.54, 1.807) is 21.8 Å². The van der Waals surface area contributed by atoms with Gasteiger partial charge >= 0.3 is 0 Å². The lowest BCUT2D eigenvalue weighted by molar-refractivity contribution is 0.0613. The number of nitrogens with zero attached hydrogens (tertiary/aromatic N) is 3. The van der Waals surface area contributed by atoms with Crippen molar-refractivity contribution in [3.8, 4) is 5.69 Å². The van der Waals surface area contributed by atoms with Crippen LogP contribution in [0, 0.1) is 0 Å². The lowest BCUT2D eigenvalue weighted by Gasteiger charge is -2.34. The van der Waals surface area contributed by atoms with Crippen LogP contribution in [0.3, 0.4) is 0 Å². The van der Waals surface area contributed by atoms with E-state index in [2.05, 4.69) is 12.0 Å². The molecule has 1 aromatic carbocycles. The number of hydrogen-bond donors (Lipinski definition) is 1. The van der Waals surface area contributed by atoms with Crippen LogP contribution in [0.15, 0.2) is 36.5 Å². The number of anilines is 1. The van der Waals surface area contributed by atoms with E-state index in [4.69, 9.17) is 5.73 Å². The summed E-state index contributed by atoms with van der Waals surface area (Å²) in [4.78, 5) is 14.2. The van der Waals surface area contributed by atoms with Crippen LogP contribution in [0.1, 0.15) is 37.7 Å². The summed E-state index contributed by atoms with van der Waals surface area (Å²) in [5.74, 6) is -0.0792. The second-order valence-electron chi connectivity index (χ2n) is 5.77. The smallest absolute Gasteiger partial charge is 0.274 e. The van der Waals surface area contributed by atoms with Gasteiger partial charge in [-0.1, -0.05) is 13.0 Å². The van der Waals surface area contributed by atoms with E-state index >= 15 is 0 Å². The van der Waals surface area contributed by atoms with Gasteiger partial charge in [-0.05, 0) is 44.5 Å². The highest BCUT2D eigenvalue weighted by Gasteiger charge is 2.27. The highest BCUT2D eigenvalue weighted by atomic mass is 16.2. The standard InChI is InChI=1S/C16H22N4O/c1-5-16(2,3)19(4)15(21)14-9-10-20(18-14)13-8-6-7-12(17)11-13/h6-11H,5,17H2,1-4H3. The zero-order valence-corrected chi connectivity index (χ0v) is 13.0. The monoisotopic (exact) mass is 286 g/mol. The zero-order valence-electron chi connectivity index (χ0n) is 13.0. The summed E-state index contributed by atoms with van der Waals surface area (Å²) in [5, 5.41) is 4.36. The molecule has 0 bridgehead atoms. The predicted molar refractivity (Wildman–Crippen MR) is 84.4 cm³/mol. The van der Waals surface area contributed by atoms with Gasteiger partial charge in [0.05, 0.1) is 5.69 Å². The minimum atomic E-state index is -0.196. The Bertz CT molecular complexity index is 645. The van der Waals surface area contributed by atoms with Gasteiger partial charge in [-0.15, -0.1) is 0 Å². The fourth-order valence-corrected chi connectivity index (χ4v) is 1.93. The third-order valence-electron chi connectivity index (χ3n) is 4.02. The van der Waals surface area contributed by atoms with Crippen LogP contribution in [-0.2, 0) is 0 Å². The highest BCUT2D eigenvalue weighted by Crippen LogP contribution is 2.19. The number of nitrogens with two attached hydrogens (primary N) is 1. The minimum Gasteiger partial charge on any atom is -0.399 e. The predicted octanol–water partition coefficient (Wildman–Crippen LogP) is 2.72. The SMILES string of the molecule is CCC(C)(C)N(C)C(=O)c1ccn(-c2cccc(N)c2)n1. The van der Waals surface area contributed by atoms with Crippen LogP contribution >= 0.6 is 0 Å². The van der Waals surface area contributed by atoms with Gasteiger partial charge in [0.1, 0.15) is 0 Å². The summed E-state index contributed by atoms with van der Waals surface area (Å²) < 4.78 is 1.66. The number of aromatic nitrogens is 2. The van der Waals surface area contributed by atoms with Crippen LogP contribution in [0.4, 0.5) is 5.69 Å². The van der Waals surface area contributed by atoms with Crippen LogP contribution in [0.25, 0.3) is 5.69 Å². The Balaban J connectivity index is 2.26. The third kappa shape index (κ3) is 3.07. The second kappa shape index (κ2) is 5.60. The molecule has 5 nitrogen and oxygen atoms in total. The fourth-order valence-electron chi connectivity index (χ4n) is 1.93. The van der Waals surface area contributed by atoms with E-state index in [0.29, 0.717) is 11.4 Å². The van der Waals surface area contributed by atoms with Crippen molar-refractivity contribution in [2.75, 3.05) is 12.8 Å². The molecule has 2 aromatic rings. The molecule has 2 rings (SSSR count). The molecule has 0 aliphatic rings. The van der Waals surface area contributed by atoms with Crippen LogP contribution in [-0.4, -0.2) is 33.2 Å². The molecule has 0 atom stereocenters. The lowest BCUT2D eigenvalue weighted by atomic mass is 10.00. The molecule has 0 aliphatic heterocycles. The molecule has 0 fully saturated rings. The normalized spacial score (nSPS) is 11.4. The molecule has 1 amide bonds. The molecule has 1 heterocycles. The minimum absolute atomic E-state index is 0.0792. The highest BCUT2D eigenvalue weighted by molar-refractivity contribution is 5.92. The van der Waals surface area contributed by atoms with Crippen LogP contribution in [0.2, 0.25) is 0 Å². The van der Waals surface area contributed by atoms with Gasteiger partial charge in [0, 0.05) is 24.5 Å². The molecule has 0 unspecified atom stereocenters. The van der Waals surface area contributed by atoms with E-state index in [1.165, 1.54) is 0 Å². The summed E-state index contributed by atoms with van der Waals surface area (Å²) in [5.41, 5.74) is 7.51. The molecule has 2 N–H and O–H groups in total. The van der Waals surface area contributed by atoms with Gasteiger partial charge in [-0.3, -0.25) is 4.79 Å². The number of rotatable bonds is 4. The summed E-state index contributed by atoms with van der Waals surface area (Å²) in [6.45, 7) is 6.15. The Hall–Kier alpha value is -2.30. The molecule has 0 saturated heterocycles. The van der Waals surface area contributed by atoms with Crippen molar-refractivity contribution >= 4 is 11.6 Å². The number of nitrogen functional groups attached to an aromatic ring is 1. The summed E-state index contributed by atoms with van der Waals surface area (Å²) in [6, 6.07) is 9.13. The first kappa shape index (κ1) is 15.1. The molecule has 0 spiro atoms. The topological polar surface area (TPSA) is 64.2 Å². The molecule has 112 valence electrons. The number of amides is 1. The van der Waals surface area contributed by atoms with Gasteiger partial charge in [0.15, 0.2) is 5.69 Å². The maximum Gasteiger partial charge on any atom is 0.274 e. The first-order valence-corrected chi connectivity index (χ1v) is 7.05. The molecule has 0 saturated carbocycles. The molecule has 0 aliphatic carbocycles. The van der Waals surface area contributed by atoms with Crippen LogP contribution < -0.4 is 5.73 Å². The first-order valence-electron chi connectivity index (χ1n) is 7.05. The Labute approximate surface area is 125 Å². The summed E-state index contributed by atoms with van der Waals surface area (Å²) in [7, 11) is 1.81. The van der Waals surface area contributed by atoms with Gasteiger partial charge in [-0.25, -0.2) is 4.68 Å². The maximum atomic E-state index is 12.5. The van der Waals surface area contributed by atoms with Crippen molar-refractivity contribution in [2.24, 2.45) is 0 Å². The zero-order chi connectivity index (χ0) is 15.6. The summed E-state index contributed by atoms with van der Waals surface area (Å²) >= 11 is 0. The van der Waals surface area contributed by atoms with Gasteiger partial charge in [-0.2, -0.15) is 5.10 Å². The average Bonchev–Trinajstić information content (AvgIpc) is 2.95. The fraction of sp³-hybridized carbons (Fsp3) is 0.375. The summed E-state index contributed by atoms with van der Waals surface area (Å²) in [6.07, 6.45) is 2.65. The maximum absolute atomic E-state index is 12.5. The number of hydrogen-bond acceptors (Lipinski definition) is 3. The van der Waals surface area contributed by atoms with Crippen molar-refractivity contribution in [1.29, 1.82) is 0 Å². The van der Waals surface area contributed by atoms with Gasteiger partial charge in [0.2, 0.25) is 0 Å².